The Hall–Kier alpha value is -3.19. The van der Waals surface area contributed by atoms with E-state index < -0.39 is 0 Å². The molecular formula is C21H19ClN6O. The molecule has 0 aliphatic carbocycles. The molecule has 4 aromatic rings. The third-order valence-corrected chi connectivity index (χ3v) is 5.67. The highest BCUT2D eigenvalue weighted by Gasteiger charge is 2.27. The lowest BCUT2D eigenvalue weighted by molar-refractivity contribution is 0.480. The van der Waals surface area contributed by atoms with Gasteiger partial charge in [-0.25, -0.2) is 9.97 Å². The highest BCUT2D eigenvalue weighted by molar-refractivity contribution is 6.30. The molecule has 0 atom stereocenters. The second-order valence-corrected chi connectivity index (χ2v) is 7.61. The van der Waals surface area contributed by atoms with E-state index in [1.165, 1.54) is 6.33 Å². The van der Waals surface area contributed by atoms with Gasteiger partial charge in [0, 0.05) is 42.0 Å². The first-order valence-corrected chi connectivity index (χ1v) is 9.95. The van der Waals surface area contributed by atoms with Crippen LogP contribution in [0.4, 0.5) is 5.82 Å². The molecule has 0 unspecified atom stereocenters. The molecule has 1 aliphatic rings. The largest absolute Gasteiger partial charge is 0.356 e. The molecule has 0 radical (unpaired) electrons. The monoisotopic (exact) mass is 406 g/mol. The molecule has 0 saturated carbocycles. The zero-order chi connectivity index (χ0) is 19.8. The lowest BCUT2D eigenvalue weighted by Gasteiger charge is -2.32. The molecule has 3 aromatic heterocycles. The zero-order valence-corrected chi connectivity index (χ0v) is 16.4. The van der Waals surface area contributed by atoms with Crippen LogP contribution >= 0.6 is 11.6 Å². The van der Waals surface area contributed by atoms with Gasteiger partial charge in [0.2, 0.25) is 0 Å². The Morgan fingerprint density at radius 2 is 1.90 bits per heavy atom. The SMILES string of the molecule is O=c1cc(N2CCC(c3nc4ccncc4n3-c3ccc(Cl)cc3)CC2)nc[nH]1. The predicted octanol–water partition coefficient (Wildman–Crippen LogP) is 3.54. The van der Waals surface area contributed by atoms with Crippen LogP contribution in [0.15, 0.2) is 59.9 Å². The van der Waals surface area contributed by atoms with Gasteiger partial charge in [0.05, 0.1) is 23.6 Å². The molecule has 7 nitrogen and oxygen atoms in total. The molecule has 29 heavy (non-hydrogen) atoms. The van der Waals surface area contributed by atoms with E-state index in [1.54, 1.807) is 12.3 Å². The summed E-state index contributed by atoms with van der Waals surface area (Å²) in [7, 11) is 0. The third kappa shape index (κ3) is 3.38. The van der Waals surface area contributed by atoms with Gasteiger partial charge in [-0.1, -0.05) is 11.6 Å². The van der Waals surface area contributed by atoms with E-state index >= 15 is 0 Å². The molecule has 5 rings (SSSR count). The van der Waals surface area contributed by atoms with Crippen molar-refractivity contribution in [2.45, 2.75) is 18.8 Å². The Morgan fingerprint density at radius 1 is 1.10 bits per heavy atom. The number of H-pyrrole nitrogens is 1. The van der Waals surface area contributed by atoms with E-state index in [-0.39, 0.29) is 5.56 Å². The molecule has 0 bridgehead atoms. The number of fused-ring (bicyclic) bond motifs is 1. The van der Waals surface area contributed by atoms with Crippen molar-refractivity contribution in [3.63, 3.8) is 0 Å². The van der Waals surface area contributed by atoms with E-state index in [0.717, 1.165) is 54.3 Å². The van der Waals surface area contributed by atoms with Crippen molar-refractivity contribution < 1.29 is 0 Å². The van der Waals surface area contributed by atoms with Gasteiger partial charge in [-0.3, -0.25) is 14.3 Å². The van der Waals surface area contributed by atoms with E-state index in [9.17, 15) is 4.79 Å². The van der Waals surface area contributed by atoms with Crippen molar-refractivity contribution in [3.8, 4) is 5.69 Å². The van der Waals surface area contributed by atoms with Crippen molar-refractivity contribution in [1.82, 2.24) is 24.5 Å². The average molecular weight is 407 g/mol. The Kier molecular flexibility index (Phi) is 4.52. The van der Waals surface area contributed by atoms with Crippen LogP contribution in [0.3, 0.4) is 0 Å². The first-order valence-electron chi connectivity index (χ1n) is 9.57. The first-order chi connectivity index (χ1) is 14.2. The molecule has 1 fully saturated rings. The zero-order valence-electron chi connectivity index (χ0n) is 15.6. The second-order valence-electron chi connectivity index (χ2n) is 7.18. The predicted molar refractivity (Wildman–Crippen MR) is 113 cm³/mol. The van der Waals surface area contributed by atoms with Crippen LogP contribution in [-0.2, 0) is 0 Å². The summed E-state index contributed by atoms with van der Waals surface area (Å²) < 4.78 is 2.18. The van der Waals surface area contributed by atoms with E-state index in [0.29, 0.717) is 10.9 Å². The summed E-state index contributed by atoms with van der Waals surface area (Å²) in [5.74, 6) is 2.06. The summed E-state index contributed by atoms with van der Waals surface area (Å²) in [5.41, 5.74) is 2.82. The lowest BCUT2D eigenvalue weighted by atomic mass is 9.95. The Labute approximate surface area is 172 Å². The van der Waals surface area contributed by atoms with Crippen LogP contribution < -0.4 is 10.5 Å². The number of nitrogens with zero attached hydrogens (tertiary/aromatic N) is 5. The molecule has 1 aliphatic heterocycles. The maximum atomic E-state index is 11.6. The minimum Gasteiger partial charge on any atom is -0.356 e. The molecule has 4 heterocycles. The molecule has 1 aromatic carbocycles. The number of halogens is 1. The fraction of sp³-hybridized carbons (Fsp3) is 0.238. The third-order valence-electron chi connectivity index (χ3n) is 5.42. The van der Waals surface area contributed by atoms with E-state index in [4.69, 9.17) is 16.6 Å². The number of hydrogen-bond donors (Lipinski definition) is 1. The molecule has 0 amide bonds. The highest BCUT2D eigenvalue weighted by atomic mass is 35.5. The van der Waals surface area contributed by atoms with Crippen LogP contribution in [0.1, 0.15) is 24.6 Å². The van der Waals surface area contributed by atoms with Crippen LogP contribution in [0, 0.1) is 0 Å². The van der Waals surface area contributed by atoms with Gasteiger partial charge in [-0.05, 0) is 43.2 Å². The number of hydrogen-bond acceptors (Lipinski definition) is 5. The van der Waals surface area contributed by atoms with Crippen molar-refractivity contribution in [3.05, 3.63) is 76.3 Å². The number of benzene rings is 1. The average Bonchev–Trinajstić information content (AvgIpc) is 3.14. The van der Waals surface area contributed by atoms with Crippen LogP contribution in [0.25, 0.3) is 16.7 Å². The van der Waals surface area contributed by atoms with Crippen LogP contribution in [-0.4, -0.2) is 37.6 Å². The second kappa shape index (κ2) is 7.33. The standard InChI is InChI=1S/C21H19ClN6O/c22-15-1-3-16(4-2-15)28-18-12-23-8-5-17(18)26-21(28)14-6-9-27(10-7-14)19-11-20(29)25-13-24-19/h1-5,8,11-14H,6-7,9-10H2,(H,24,25,29). The Bertz CT molecular complexity index is 1210. The van der Waals surface area contributed by atoms with Crippen molar-refractivity contribution in [1.29, 1.82) is 0 Å². The van der Waals surface area contributed by atoms with Gasteiger partial charge in [-0.15, -0.1) is 0 Å². The minimum atomic E-state index is -0.130. The van der Waals surface area contributed by atoms with Crippen molar-refractivity contribution in [2.75, 3.05) is 18.0 Å². The number of aromatic amines is 1. The number of nitrogens with one attached hydrogen (secondary N) is 1. The minimum absolute atomic E-state index is 0.130. The fourth-order valence-corrected chi connectivity index (χ4v) is 4.10. The normalized spacial score (nSPS) is 15.1. The summed E-state index contributed by atoms with van der Waals surface area (Å²) >= 11 is 6.09. The van der Waals surface area contributed by atoms with Gasteiger partial charge in [-0.2, -0.15) is 0 Å². The van der Waals surface area contributed by atoms with Gasteiger partial charge in [0.1, 0.15) is 11.6 Å². The first kappa shape index (κ1) is 17.9. The molecule has 1 saturated heterocycles. The smallest absolute Gasteiger partial charge is 0.252 e. The number of rotatable bonds is 3. The summed E-state index contributed by atoms with van der Waals surface area (Å²) in [6.45, 7) is 1.65. The van der Waals surface area contributed by atoms with Crippen molar-refractivity contribution in [2.24, 2.45) is 0 Å². The van der Waals surface area contributed by atoms with Gasteiger partial charge in [0.15, 0.2) is 0 Å². The van der Waals surface area contributed by atoms with Crippen molar-refractivity contribution >= 4 is 28.5 Å². The van der Waals surface area contributed by atoms with E-state index in [1.807, 2.05) is 36.5 Å². The van der Waals surface area contributed by atoms with Gasteiger partial charge < -0.3 is 9.88 Å². The maximum absolute atomic E-state index is 11.6. The molecule has 146 valence electrons. The van der Waals surface area contributed by atoms with Crippen LogP contribution in [0.5, 0.6) is 0 Å². The number of anilines is 1. The van der Waals surface area contributed by atoms with E-state index in [2.05, 4.69) is 24.4 Å². The molecular weight excluding hydrogens is 388 g/mol. The maximum Gasteiger partial charge on any atom is 0.252 e. The molecule has 8 heteroatoms. The highest BCUT2D eigenvalue weighted by Crippen LogP contribution is 2.33. The van der Waals surface area contributed by atoms with Gasteiger partial charge in [0.25, 0.3) is 5.56 Å². The fourth-order valence-electron chi connectivity index (χ4n) is 3.98. The van der Waals surface area contributed by atoms with Gasteiger partial charge >= 0.3 is 0 Å². The molecule has 1 N–H and O–H groups in total. The topological polar surface area (TPSA) is 79.7 Å². The summed E-state index contributed by atoms with van der Waals surface area (Å²) in [4.78, 5) is 29.9. The summed E-state index contributed by atoms with van der Waals surface area (Å²) in [6, 6.07) is 11.3. The molecule has 0 spiro atoms. The Balaban J connectivity index is 1.49. The quantitative estimate of drug-likeness (QED) is 0.563. The summed E-state index contributed by atoms with van der Waals surface area (Å²) in [6.07, 6.45) is 6.94. The van der Waals surface area contributed by atoms with Crippen LogP contribution in [0.2, 0.25) is 5.02 Å². The number of piperidine rings is 1. The lowest BCUT2D eigenvalue weighted by Crippen LogP contribution is -2.34. The summed E-state index contributed by atoms with van der Waals surface area (Å²) in [5, 5.41) is 0.705. The number of aromatic nitrogens is 5. The number of imidazole rings is 1. The Morgan fingerprint density at radius 3 is 2.66 bits per heavy atom. The number of pyridine rings is 1.